The van der Waals surface area contributed by atoms with Crippen molar-refractivity contribution in [3.8, 4) is 0 Å². The monoisotopic (exact) mass is 296 g/mol. The molecule has 8 nitrogen and oxygen atoms in total. The summed E-state index contributed by atoms with van der Waals surface area (Å²) in [6.45, 7) is 4.99. The van der Waals surface area contributed by atoms with E-state index in [9.17, 15) is 19.7 Å². The topological polar surface area (TPSA) is 119 Å². The molecule has 1 aromatic rings. The number of amides is 1. The SMILES string of the molecule is CC(C)(C)OC(=O)Nc1cc([N+](=O)[O-])ccc1CC(=O)O. The second kappa shape index (κ2) is 6.21. The molecule has 0 aliphatic heterocycles. The highest BCUT2D eigenvalue weighted by atomic mass is 16.6. The van der Waals surface area contributed by atoms with E-state index in [2.05, 4.69) is 5.32 Å². The Hall–Kier alpha value is -2.64. The number of nitrogens with zero attached hydrogens (tertiary/aromatic N) is 1. The number of anilines is 1. The van der Waals surface area contributed by atoms with Crippen molar-refractivity contribution in [2.24, 2.45) is 0 Å². The molecule has 0 aliphatic carbocycles. The molecule has 2 N–H and O–H groups in total. The Morgan fingerprint density at radius 2 is 2.00 bits per heavy atom. The number of carbonyl (C=O) groups is 2. The van der Waals surface area contributed by atoms with Gasteiger partial charge in [0.25, 0.3) is 5.69 Å². The van der Waals surface area contributed by atoms with Gasteiger partial charge in [-0.2, -0.15) is 0 Å². The Morgan fingerprint density at radius 3 is 2.48 bits per heavy atom. The molecule has 0 saturated carbocycles. The fourth-order valence-corrected chi connectivity index (χ4v) is 1.53. The van der Waals surface area contributed by atoms with Gasteiger partial charge in [-0.15, -0.1) is 0 Å². The minimum atomic E-state index is -1.11. The molecule has 0 saturated heterocycles. The molecule has 0 bridgehead atoms. The molecular formula is C13H16N2O6. The van der Waals surface area contributed by atoms with Crippen LogP contribution < -0.4 is 5.32 Å². The largest absolute Gasteiger partial charge is 0.481 e. The lowest BCUT2D eigenvalue weighted by Gasteiger charge is -2.20. The summed E-state index contributed by atoms with van der Waals surface area (Å²) in [5.41, 5.74) is -0.701. The van der Waals surface area contributed by atoms with Crippen LogP contribution in [-0.2, 0) is 16.0 Å². The molecule has 0 spiro atoms. The van der Waals surface area contributed by atoms with Crippen LogP contribution in [0.1, 0.15) is 26.3 Å². The summed E-state index contributed by atoms with van der Waals surface area (Å²) in [6.07, 6.45) is -1.18. The van der Waals surface area contributed by atoms with Gasteiger partial charge in [0, 0.05) is 12.1 Å². The van der Waals surface area contributed by atoms with Crippen molar-refractivity contribution in [2.45, 2.75) is 32.8 Å². The molecular weight excluding hydrogens is 280 g/mol. The number of nitro benzene ring substituents is 1. The number of benzene rings is 1. The highest BCUT2D eigenvalue weighted by Crippen LogP contribution is 2.24. The van der Waals surface area contributed by atoms with Crippen molar-refractivity contribution < 1.29 is 24.4 Å². The summed E-state index contributed by atoms with van der Waals surface area (Å²) >= 11 is 0. The number of nitro groups is 1. The molecule has 0 fully saturated rings. The lowest BCUT2D eigenvalue weighted by molar-refractivity contribution is -0.384. The first-order valence-corrected chi connectivity index (χ1v) is 6.07. The molecule has 0 atom stereocenters. The summed E-state index contributed by atoms with van der Waals surface area (Å²) in [5.74, 6) is -1.11. The molecule has 0 aliphatic rings. The number of carboxylic acid groups (broad SMARTS) is 1. The molecule has 1 rings (SSSR count). The number of aliphatic carboxylic acids is 1. The molecule has 0 radical (unpaired) electrons. The predicted octanol–water partition coefficient (Wildman–Crippen LogP) is 2.57. The third-order valence-electron chi connectivity index (χ3n) is 2.28. The van der Waals surface area contributed by atoms with Crippen molar-refractivity contribution in [3.63, 3.8) is 0 Å². The van der Waals surface area contributed by atoms with Gasteiger partial charge in [0.1, 0.15) is 5.60 Å². The minimum absolute atomic E-state index is 0.0425. The van der Waals surface area contributed by atoms with Gasteiger partial charge in [0.2, 0.25) is 0 Å². The third kappa shape index (κ3) is 5.47. The number of hydrogen-bond donors (Lipinski definition) is 2. The number of non-ortho nitro benzene ring substituents is 1. The van der Waals surface area contributed by atoms with E-state index >= 15 is 0 Å². The van der Waals surface area contributed by atoms with Gasteiger partial charge in [0.05, 0.1) is 17.0 Å². The van der Waals surface area contributed by atoms with Crippen molar-refractivity contribution in [3.05, 3.63) is 33.9 Å². The Kier molecular flexibility index (Phi) is 4.85. The first-order chi connectivity index (χ1) is 9.58. The number of rotatable bonds is 4. The Balaban J connectivity index is 3.05. The van der Waals surface area contributed by atoms with Crippen LogP contribution in [0.25, 0.3) is 0 Å². The minimum Gasteiger partial charge on any atom is -0.481 e. The van der Waals surface area contributed by atoms with E-state index in [1.165, 1.54) is 12.1 Å². The number of carbonyl (C=O) groups excluding carboxylic acids is 1. The average molecular weight is 296 g/mol. The second-order valence-corrected chi connectivity index (χ2v) is 5.30. The van der Waals surface area contributed by atoms with Gasteiger partial charge in [-0.1, -0.05) is 0 Å². The Bertz CT molecular complexity index is 577. The van der Waals surface area contributed by atoms with E-state index in [4.69, 9.17) is 9.84 Å². The van der Waals surface area contributed by atoms with Crippen LogP contribution in [0.5, 0.6) is 0 Å². The molecule has 1 amide bonds. The van der Waals surface area contributed by atoms with Gasteiger partial charge < -0.3 is 9.84 Å². The maximum atomic E-state index is 11.7. The van der Waals surface area contributed by atoms with Crippen molar-refractivity contribution in [2.75, 3.05) is 5.32 Å². The van der Waals surface area contributed by atoms with Crippen molar-refractivity contribution in [1.29, 1.82) is 0 Å². The molecule has 1 aromatic carbocycles. The quantitative estimate of drug-likeness (QED) is 0.651. The Morgan fingerprint density at radius 1 is 1.38 bits per heavy atom. The van der Waals surface area contributed by atoms with E-state index in [-0.39, 0.29) is 23.4 Å². The van der Waals surface area contributed by atoms with E-state index in [1.54, 1.807) is 20.8 Å². The van der Waals surface area contributed by atoms with Crippen LogP contribution in [0.3, 0.4) is 0 Å². The predicted molar refractivity (Wildman–Crippen MR) is 74.3 cm³/mol. The number of nitrogens with one attached hydrogen (secondary N) is 1. The van der Waals surface area contributed by atoms with E-state index in [0.717, 1.165) is 6.07 Å². The zero-order chi connectivity index (χ0) is 16.2. The Labute approximate surface area is 120 Å². The molecule has 0 heterocycles. The summed E-state index contributed by atoms with van der Waals surface area (Å²) in [4.78, 5) is 32.6. The number of carboxylic acids is 1. The standard InChI is InChI=1S/C13H16N2O6/c1-13(2,3)21-12(18)14-10-7-9(15(19)20)5-4-8(10)6-11(16)17/h4-5,7H,6H2,1-3H3,(H,14,18)(H,16,17). The maximum absolute atomic E-state index is 11.7. The third-order valence-corrected chi connectivity index (χ3v) is 2.28. The van der Waals surface area contributed by atoms with E-state index in [1.807, 2.05) is 0 Å². The molecule has 0 unspecified atom stereocenters. The van der Waals surface area contributed by atoms with Crippen LogP contribution in [0.15, 0.2) is 18.2 Å². The van der Waals surface area contributed by atoms with Crippen LogP contribution in [-0.4, -0.2) is 27.7 Å². The zero-order valence-corrected chi connectivity index (χ0v) is 11.9. The van der Waals surface area contributed by atoms with Crippen LogP contribution in [0.2, 0.25) is 0 Å². The summed E-state index contributed by atoms with van der Waals surface area (Å²) < 4.78 is 5.03. The molecule has 8 heteroatoms. The highest BCUT2D eigenvalue weighted by molar-refractivity contribution is 5.88. The first kappa shape index (κ1) is 16.4. The average Bonchev–Trinajstić information content (AvgIpc) is 2.27. The zero-order valence-electron chi connectivity index (χ0n) is 11.9. The van der Waals surface area contributed by atoms with Gasteiger partial charge in [0.15, 0.2) is 0 Å². The molecule has 114 valence electrons. The van der Waals surface area contributed by atoms with Crippen LogP contribution >= 0.6 is 0 Å². The molecule has 0 aromatic heterocycles. The normalized spacial score (nSPS) is 10.8. The number of ether oxygens (including phenoxy) is 1. The molecule has 21 heavy (non-hydrogen) atoms. The summed E-state index contributed by atoms with van der Waals surface area (Å²) in [5, 5.41) is 21.9. The van der Waals surface area contributed by atoms with Crippen molar-refractivity contribution in [1.82, 2.24) is 0 Å². The van der Waals surface area contributed by atoms with Gasteiger partial charge in [-0.05, 0) is 32.4 Å². The maximum Gasteiger partial charge on any atom is 0.412 e. The fourth-order valence-electron chi connectivity index (χ4n) is 1.53. The van der Waals surface area contributed by atoms with Gasteiger partial charge >= 0.3 is 12.1 Å². The van der Waals surface area contributed by atoms with Crippen LogP contribution in [0, 0.1) is 10.1 Å². The van der Waals surface area contributed by atoms with E-state index in [0.29, 0.717) is 0 Å². The fraction of sp³-hybridized carbons (Fsp3) is 0.385. The lowest BCUT2D eigenvalue weighted by Crippen LogP contribution is -2.27. The summed E-state index contributed by atoms with van der Waals surface area (Å²) in [6, 6.07) is 3.57. The first-order valence-electron chi connectivity index (χ1n) is 6.07. The van der Waals surface area contributed by atoms with Crippen LogP contribution in [0.4, 0.5) is 16.2 Å². The van der Waals surface area contributed by atoms with Gasteiger partial charge in [-0.3, -0.25) is 20.2 Å². The smallest absolute Gasteiger partial charge is 0.412 e. The lowest BCUT2D eigenvalue weighted by atomic mass is 10.1. The van der Waals surface area contributed by atoms with E-state index < -0.39 is 22.6 Å². The van der Waals surface area contributed by atoms with Crippen molar-refractivity contribution >= 4 is 23.4 Å². The second-order valence-electron chi connectivity index (χ2n) is 5.30. The summed E-state index contributed by atoms with van der Waals surface area (Å²) in [7, 11) is 0. The van der Waals surface area contributed by atoms with Gasteiger partial charge in [-0.25, -0.2) is 4.79 Å². The highest BCUT2D eigenvalue weighted by Gasteiger charge is 2.19. The number of hydrogen-bond acceptors (Lipinski definition) is 5.